The highest BCUT2D eigenvalue weighted by Gasteiger charge is 2.01. The van der Waals surface area contributed by atoms with Crippen molar-refractivity contribution >= 4 is 10.8 Å². The summed E-state index contributed by atoms with van der Waals surface area (Å²) in [7, 11) is 0. The summed E-state index contributed by atoms with van der Waals surface area (Å²) in [5.41, 5.74) is 2.58. The van der Waals surface area contributed by atoms with Gasteiger partial charge in [-0.05, 0) is 21.9 Å². The van der Waals surface area contributed by atoms with E-state index in [2.05, 4.69) is 72.8 Å². The van der Waals surface area contributed by atoms with Gasteiger partial charge in [-0.3, -0.25) is 0 Å². The molecule has 0 saturated heterocycles. The molecular formula is C16H14O. The summed E-state index contributed by atoms with van der Waals surface area (Å²) < 4.78 is 0. The first kappa shape index (κ1) is 11.4. The lowest BCUT2D eigenvalue weighted by molar-refractivity contribution is 0.824. The lowest BCUT2D eigenvalue weighted by Gasteiger charge is -2.06. The Hall–Kier alpha value is -2.12. The lowest BCUT2D eigenvalue weighted by Crippen LogP contribution is -1.79. The highest BCUT2D eigenvalue weighted by Crippen LogP contribution is 2.27. The molecule has 3 aromatic rings. The van der Waals surface area contributed by atoms with Crippen LogP contribution < -0.4 is 0 Å². The predicted octanol–water partition coefficient (Wildman–Crippen LogP) is 3.68. The van der Waals surface area contributed by atoms with Gasteiger partial charge in [-0.25, -0.2) is 0 Å². The van der Waals surface area contributed by atoms with Crippen molar-refractivity contribution < 1.29 is 5.48 Å². The Morgan fingerprint density at radius 1 is 0.529 bits per heavy atom. The fourth-order valence-electron chi connectivity index (χ4n) is 2.09. The maximum atomic E-state index is 2.18. The summed E-state index contributed by atoms with van der Waals surface area (Å²) in [6.45, 7) is 0. The maximum absolute atomic E-state index is 2.18. The molecule has 1 heteroatoms. The lowest BCUT2D eigenvalue weighted by atomic mass is 9.98. The van der Waals surface area contributed by atoms with Crippen LogP contribution in [0.3, 0.4) is 0 Å². The smallest absolute Gasteiger partial charge is 0.0105 e. The minimum absolute atomic E-state index is 0. The molecule has 0 saturated carbocycles. The van der Waals surface area contributed by atoms with E-state index in [1.807, 2.05) is 0 Å². The fraction of sp³-hybridized carbons (Fsp3) is 0. The summed E-state index contributed by atoms with van der Waals surface area (Å²) in [6.07, 6.45) is 0. The summed E-state index contributed by atoms with van der Waals surface area (Å²) in [4.78, 5) is 0. The Bertz CT molecular complexity index is 609. The Morgan fingerprint density at radius 2 is 1.18 bits per heavy atom. The molecular weight excluding hydrogens is 208 g/mol. The van der Waals surface area contributed by atoms with Crippen molar-refractivity contribution in [3.63, 3.8) is 0 Å². The van der Waals surface area contributed by atoms with Crippen molar-refractivity contribution in [1.29, 1.82) is 0 Å². The van der Waals surface area contributed by atoms with Gasteiger partial charge in [-0.1, -0.05) is 72.8 Å². The Kier molecular flexibility index (Phi) is 3.22. The van der Waals surface area contributed by atoms with Crippen LogP contribution >= 0.6 is 0 Å². The van der Waals surface area contributed by atoms with E-state index < -0.39 is 0 Å². The van der Waals surface area contributed by atoms with Gasteiger partial charge in [0, 0.05) is 0 Å². The number of hydrogen-bond acceptors (Lipinski definition) is 0. The second-order valence-corrected chi connectivity index (χ2v) is 3.89. The Morgan fingerprint density at radius 3 is 2.00 bits per heavy atom. The molecule has 0 radical (unpaired) electrons. The van der Waals surface area contributed by atoms with Crippen LogP contribution in [0, 0.1) is 0 Å². The Balaban J connectivity index is 0.00000108. The quantitative estimate of drug-likeness (QED) is 0.601. The number of hydrogen-bond donors (Lipinski definition) is 0. The first-order chi connectivity index (χ1) is 7.95. The van der Waals surface area contributed by atoms with Crippen molar-refractivity contribution in [2.75, 3.05) is 0 Å². The number of fused-ring (bicyclic) bond motifs is 1. The minimum Gasteiger partial charge on any atom is -0.412 e. The molecule has 0 unspecified atom stereocenters. The van der Waals surface area contributed by atoms with E-state index in [1.165, 1.54) is 21.9 Å². The number of benzene rings is 3. The first-order valence-electron chi connectivity index (χ1n) is 5.48. The zero-order valence-electron chi connectivity index (χ0n) is 9.43. The van der Waals surface area contributed by atoms with Crippen molar-refractivity contribution in [3.05, 3.63) is 72.8 Å². The van der Waals surface area contributed by atoms with E-state index >= 15 is 0 Å². The predicted molar refractivity (Wildman–Crippen MR) is 73.0 cm³/mol. The fourth-order valence-corrected chi connectivity index (χ4v) is 2.09. The van der Waals surface area contributed by atoms with Crippen LogP contribution in [0.2, 0.25) is 0 Å². The molecule has 0 aliphatic rings. The van der Waals surface area contributed by atoms with E-state index in [0.29, 0.717) is 0 Å². The zero-order valence-corrected chi connectivity index (χ0v) is 9.43. The zero-order chi connectivity index (χ0) is 10.8. The van der Waals surface area contributed by atoms with Crippen LogP contribution in [0.25, 0.3) is 21.9 Å². The molecule has 3 rings (SSSR count). The Labute approximate surface area is 101 Å². The van der Waals surface area contributed by atoms with Gasteiger partial charge in [0.15, 0.2) is 0 Å². The average Bonchev–Trinajstić information content (AvgIpc) is 2.39. The van der Waals surface area contributed by atoms with Gasteiger partial charge < -0.3 is 5.48 Å². The molecule has 0 spiro atoms. The standard InChI is InChI=1S/C16H12.H2O/c1-2-7-13(8-3-1)16-12-6-10-14-9-4-5-11-15(14)16;/h1-12H;1H2. The molecule has 0 fully saturated rings. The second kappa shape index (κ2) is 4.81. The van der Waals surface area contributed by atoms with E-state index in [0.717, 1.165) is 0 Å². The molecule has 0 aromatic heterocycles. The van der Waals surface area contributed by atoms with Gasteiger partial charge in [0.1, 0.15) is 0 Å². The molecule has 3 aromatic carbocycles. The normalized spacial score (nSPS) is 9.88. The molecule has 0 atom stereocenters. The van der Waals surface area contributed by atoms with Crippen molar-refractivity contribution in [2.24, 2.45) is 0 Å². The van der Waals surface area contributed by atoms with Crippen LogP contribution in [-0.2, 0) is 0 Å². The van der Waals surface area contributed by atoms with Crippen molar-refractivity contribution in [2.45, 2.75) is 0 Å². The monoisotopic (exact) mass is 222 g/mol. The van der Waals surface area contributed by atoms with Crippen LogP contribution in [-0.4, -0.2) is 5.48 Å². The second-order valence-electron chi connectivity index (χ2n) is 3.89. The highest BCUT2D eigenvalue weighted by atomic mass is 16.0. The number of rotatable bonds is 1. The molecule has 0 heterocycles. The molecule has 2 N–H and O–H groups in total. The summed E-state index contributed by atoms with van der Waals surface area (Å²) in [5, 5.41) is 2.61. The van der Waals surface area contributed by atoms with Gasteiger partial charge >= 0.3 is 0 Å². The van der Waals surface area contributed by atoms with E-state index in [4.69, 9.17) is 0 Å². The van der Waals surface area contributed by atoms with Crippen LogP contribution in [0.1, 0.15) is 0 Å². The van der Waals surface area contributed by atoms with Gasteiger partial charge in [-0.15, -0.1) is 0 Å². The van der Waals surface area contributed by atoms with E-state index in [1.54, 1.807) is 0 Å². The minimum atomic E-state index is 0. The van der Waals surface area contributed by atoms with Crippen LogP contribution in [0.5, 0.6) is 0 Å². The molecule has 0 bridgehead atoms. The van der Waals surface area contributed by atoms with Gasteiger partial charge in [-0.2, -0.15) is 0 Å². The van der Waals surface area contributed by atoms with Crippen LogP contribution in [0.15, 0.2) is 72.8 Å². The molecule has 0 aliphatic carbocycles. The topological polar surface area (TPSA) is 31.5 Å². The summed E-state index contributed by atoms with van der Waals surface area (Å²) in [5.74, 6) is 0. The van der Waals surface area contributed by atoms with Crippen LogP contribution in [0.4, 0.5) is 0 Å². The van der Waals surface area contributed by atoms with Gasteiger partial charge in [0.2, 0.25) is 0 Å². The van der Waals surface area contributed by atoms with Gasteiger partial charge in [0.05, 0.1) is 0 Å². The summed E-state index contributed by atoms with van der Waals surface area (Å²) >= 11 is 0. The van der Waals surface area contributed by atoms with Gasteiger partial charge in [0.25, 0.3) is 0 Å². The molecule has 1 nitrogen and oxygen atoms in total. The van der Waals surface area contributed by atoms with Crippen molar-refractivity contribution in [1.82, 2.24) is 0 Å². The molecule has 17 heavy (non-hydrogen) atoms. The summed E-state index contributed by atoms with van der Waals surface area (Å²) in [6, 6.07) is 25.5. The molecule has 0 amide bonds. The average molecular weight is 222 g/mol. The van der Waals surface area contributed by atoms with E-state index in [-0.39, 0.29) is 5.48 Å². The highest BCUT2D eigenvalue weighted by molar-refractivity contribution is 5.96. The third-order valence-electron chi connectivity index (χ3n) is 2.87. The SMILES string of the molecule is O.c1ccc(-c2cccc3ccccc23)cc1. The largest absolute Gasteiger partial charge is 0.412 e. The molecule has 0 aliphatic heterocycles. The third kappa shape index (κ3) is 2.05. The van der Waals surface area contributed by atoms with Crippen molar-refractivity contribution in [3.8, 4) is 11.1 Å². The third-order valence-corrected chi connectivity index (χ3v) is 2.87. The maximum Gasteiger partial charge on any atom is -0.0105 e. The molecule has 84 valence electrons. The first-order valence-corrected chi connectivity index (χ1v) is 5.48. The van der Waals surface area contributed by atoms with E-state index in [9.17, 15) is 0 Å².